The number of furan rings is 1. The molecule has 1 saturated heterocycles. The van der Waals surface area contributed by atoms with Gasteiger partial charge in [-0.15, -0.1) is 11.8 Å². The molecule has 1 atom stereocenters. The first kappa shape index (κ1) is 12.7. The summed E-state index contributed by atoms with van der Waals surface area (Å²) in [6.07, 6.45) is 0. The first-order valence-corrected chi connectivity index (χ1v) is 7.54. The lowest BCUT2D eigenvalue weighted by molar-refractivity contribution is -0.129. The van der Waals surface area contributed by atoms with Gasteiger partial charge in [-0.3, -0.25) is 4.79 Å². The van der Waals surface area contributed by atoms with Gasteiger partial charge in [-0.25, -0.2) is 0 Å². The molecule has 100 valence electrons. The van der Waals surface area contributed by atoms with Crippen molar-refractivity contribution < 1.29 is 13.7 Å². The molecule has 8 heteroatoms. The monoisotopic (exact) mass is 343 g/mol. The zero-order chi connectivity index (χ0) is 13.4. The van der Waals surface area contributed by atoms with E-state index in [1.165, 1.54) is 0 Å². The van der Waals surface area contributed by atoms with Crippen LogP contribution in [0.4, 0.5) is 0 Å². The van der Waals surface area contributed by atoms with Gasteiger partial charge in [0.25, 0.3) is 5.89 Å². The third kappa shape index (κ3) is 2.42. The molecular formula is C11H10BrN3O3S. The Kier molecular flexibility index (Phi) is 3.36. The van der Waals surface area contributed by atoms with Gasteiger partial charge in [0.05, 0.1) is 5.88 Å². The van der Waals surface area contributed by atoms with Crippen LogP contribution < -0.4 is 0 Å². The maximum Gasteiger partial charge on any atom is 0.250 e. The Labute approximate surface area is 121 Å². The zero-order valence-corrected chi connectivity index (χ0v) is 12.4. The third-order valence-electron chi connectivity index (χ3n) is 2.81. The van der Waals surface area contributed by atoms with Crippen molar-refractivity contribution in [2.24, 2.45) is 0 Å². The van der Waals surface area contributed by atoms with Gasteiger partial charge in [0.2, 0.25) is 11.7 Å². The summed E-state index contributed by atoms with van der Waals surface area (Å²) in [5, 5.41) is 3.89. The average molecular weight is 344 g/mol. The van der Waals surface area contributed by atoms with E-state index in [9.17, 15) is 4.79 Å². The molecule has 1 fully saturated rings. The van der Waals surface area contributed by atoms with E-state index in [2.05, 4.69) is 26.1 Å². The van der Waals surface area contributed by atoms with E-state index in [0.29, 0.717) is 28.0 Å². The van der Waals surface area contributed by atoms with Gasteiger partial charge < -0.3 is 13.8 Å². The quantitative estimate of drug-likeness (QED) is 0.834. The molecule has 0 aromatic carbocycles. The molecule has 0 unspecified atom stereocenters. The van der Waals surface area contributed by atoms with E-state index in [1.54, 1.807) is 35.7 Å². The van der Waals surface area contributed by atoms with Gasteiger partial charge in [0, 0.05) is 12.7 Å². The largest absolute Gasteiger partial charge is 0.446 e. The van der Waals surface area contributed by atoms with Crippen LogP contribution >= 0.6 is 27.7 Å². The predicted molar refractivity (Wildman–Crippen MR) is 72.3 cm³/mol. The van der Waals surface area contributed by atoms with Gasteiger partial charge in [-0.05, 0) is 28.1 Å². The van der Waals surface area contributed by atoms with Crippen LogP contribution in [0, 0.1) is 0 Å². The number of halogens is 1. The summed E-state index contributed by atoms with van der Waals surface area (Å²) in [6, 6.07) is 3.37. The normalized spacial score (nSPS) is 19.1. The summed E-state index contributed by atoms with van der Waals surface area (Å²) in [5.74, 6) is 2.80. The van der Waals surface area contributed by atoms with E-state index in [4.69, 9.17) is 8.94 Å². The fourth-order valence-corrected chi connectivity index (χ4v) is 3.38. The highest BCUT2D eigenvalue weighted by molar-refractivity contribution is 9.10. The summed E-state index contributed by atoms with van der Waals surface area (Å²) in [4.78, 5) is 17.5. The second-order valence-electron chi connectivity index (χ2n) is 4.06. The lowest BCUT2D eigenvalue weighted by Crippen LogP contribution is -2.28. The molecule has 1 amide bonds. The first-order valence-electron chi connectivity index (χ1n) is 5.59. The summed E-state index contributed by atoms with van der Waals surface area (Å²) >= 11 is 4.89. The summed E-state index contributed by atoms with van der Waals surface area (Å²) in [5.41, 5.74) is 0. The second-order valence-corrected chi connectivity index (χ2v) is 5.85. The Bertz CT molecular complexity index is 612. The number of hydrogen-bond donors (Lipinski definition) is 0. The smallest absolute Gasteiger partial charge is 0.250 e. The van der Waals surface area contributed by atoms with Crippen molar-refractivity contribution in [2.75, 3.05) is 11.6 Å². The molecular weight excluding hydrogens is 334 g/mol. The maximum absolute atomic E-state index is 11.5. The highest BCUT2D eigenvalue weighted by Gasteiger charge is 2.33. The molecule has 6 nitrogen and oxygen atoms in total. The van der Waals surface area contributed by atoms with Gasteiger partial charge in [-0.1, -0.05) is 5.16 Å². The molecule has 0 N–H and O–H groups in total. The van der Waals surface area contributed by atoms with Crippen LogP contribution in [-0.2, 0) is 4.79 Å². The molecule has 2 aromatic rings. The van der Waals surface area contributed by atoms with Crippen LogP contribution in [0.25, 0.3) is 11.6 Å². The van der Waals surface area contributed by atoms with Gasteiger partial charge in [0.1, 0.15) is 6.04 Å². The van der Waals surface area contributed by atoms with Crippen LogP contribution in [0.15, 0.2) is 25.7 Å². The zero-order valence-electron chi connectivity index (χ0n) is 10.00. The standard InChI is InChI=1S/C11H10BrN3O3S/c1-6(16)15-5-19-4-7(15)11-13-10(14-18-11)8-2-3-9(12)17-8/h2-3,7H,4-5H2,1H3/t7-/m0/s1. The Morgan fingerprint density at radius 2 is 2.42 bits per heavy atom. The molecule has 3 rings (SSSR count). The van der Waals surface area contributed by atoms with Gasteiger partial charge >= 0.3 is 0 Å². The van der Waals surface area contributed by atoms with Crippen LogP contribution in [0.2, 0.25) is 0 Å². The van der Waals surface area contributed by atoms with Crippen molar-refractivity contribution in [3.05, 3.63) is 22.7 Å². The topological polar surface area (TPSA) is 72.4 Å². The number of nitrogens with zero attached hydrogens (tertiary/aromatic N) is 3. The Balaban J connectivity index is 1.87. The van der Waals surface area contributed by atoms with E-state index < -0.39 is 0 Å². The van der Waals surface area contributed by atoms with E-state index in [-0.39, 0.29) is 11.9 Å². The third-order valence-corrected chi connectivity index (χ3v) is 4.25. The minimum atomic E-state index is -0.151. The Morgan fingerprint density at radius 1 is 1.58 bits per heavy atom. The van der Waals surface area contributed by atoms with Crippen molar-refractivity contribution >= 4 is 33.6 Å². The number of rotatable bonds is 2. The summed E-state index contributed by atoms with van der Waals surface area (Å²) < 4.78 is 11.2. The van der Waals surface area contributed by atoms with E-state index in [1.807, 2.05) is 0 Å². The van der Waals surface area contributed by atoms with Crippen molar-refractivity contribution in [3.63, 3.8) is 0 Å². The molecule has 0 aliphatic carbocycles. The number of aromatic nitrogens is 2. The molecule has 1 aliphatic rings. The highest BCUT2D eigenvalue weighted by atomic mass is 79.9. The fraction of sp³-hybridized carbons (Fsp3) is 0.364. The first-order chi connectivity index (χ1) is 9.15. The lowest BCUT2D eigenvalue weighted by Gasteiger charge is -2.18. The van der Waals surface area contributed by atoms with Crippen LogP contribution in [0.3, 0.4) is 0 Å². The fourth-order valence-electron chi connectivity index (χ4n) is 1.86. The minimum absolute atomic E-state index is 0.00972. The Hall–Kier alpha value is -1.28. The minimum Gasteiger partial charge on any atom is -0.446 e. The highest BCUT2D eigenvalue weighted by Crippen LogP contribution is 2.33. The lowest BCUT2D eigenvalue weighted by atomic mass is 10.3. The molecule has 19 heavy (non-hydrogen) atoms. The molecule has 1 aliphatic heterocycles. The molecule has 2 aromatic heterocycles. The van der Waals surface area contributed by atoms with E-state index >= 15 is 0 Å². The van der Waals surface area contributed by atoms with Crippen LogP contribution in [0.1, 0.15) is 18.9 Å². The van der Waals surface area contributed by atoms with Crippen LogP contribution in [0.5, 0.6) is 0 Å². The van der Waals surface area contributed by atoms with Crippen molar-refractivity contribution in [3.8, 4) is 11.6 Å². The SMILES string of the molecule is CC(=O)N1CSC[C@H]1c1nc(-c2ccc(Br)o2)no1. The van der Waals surface area contributed by atoms with Crippen molar-refractivity contribution in [1.82, 2.24) is 15.0 Å². The van der Waals surface area contributed by atoms with Crippen molar-refractivity contribution in [2.45, 2.75) is 13.0 Å². The Morgan fingerprint density at radius 3 is 3.11 bits per heavy atom. The number of carbonyl (C=O) groups excluding carboxylic acids is 1. The molecule has 0 saturated carbocycles. The van der Waals surface area contributed by atoms with Gasteiger partial charge in [0.15, 0.2) is 10.4 Å². The summed E-state index contributed by atoms with van der Waals surface area (Å²) in [6.45, 7) is 1.54. The predicted octanol–water partition coefficient (Wildman–Crippen LogP) is 2.69. The molecule has 0 spiro atoms. The molecule has 3 heterocycles. The van der Waals surface area contributed by atoms with E-state index in [0.717, 1.165) is 5.75 Å². The summed E-state index contributed by atoms with van der Waals surface area (Å²) in [7, 11) is 0. The number of hydrogen-bond acceptors (Lipinski definition) is 6. The van der Waals surface area contributed by atoms with Crippen LogP contribution in [-0.4, -0.2) is 32.6 Å². The average Bonchev–Trinajstić information content (AvgIpc) is 3.07. The second kappa shape index (κ2) is 5.01. The molecule has 0 bridgehead atoms. The van der Waals surface area contributed by atoms with Gasteiger partial charge in [-0.2, -0.15) is 4.98 Å². The maximum atomic E-state index is 11.5. The number of amides is 1. The molecule has 0 radical (unpaired) electrons. The number of carbonyl (C=O) groups is 1. The number of thioether (sulfide) groups is 1. The van der Waals surface area contributed by atoms with Crippen molar-refractivity contribution in [1.29, 1.82) is 0 Å².